The van der Waals surface area contributed by atoms with Crippen molar-refractivity contribution in [3.63, 3.8) is 0 Å². The van der Waals surface area contributed by atoms with Gasteiger partial charge in [-0.05, 0) is 112 Å². The number of carbonyl (C=O) groups excluding carboxylic acids is 12. The summed E-state index contributed by atoms with van der Waals surface area (Å²) in [5.41, 5.74) is -7.77. The van der Waals surface area contributed by atoms with E-state index < -0.39 is 246 Å². The van der Waals surface area contributed by atoms with Crippen LogP contribution in [0.1, 0.15) is 196 Å². The van der Waals surface area contributed by atoms with Crippen molar-refractivity contribution in [1.82, 2.24) is 0 Å². The average molecular weight is 1480 g/mol. The van der Waals surface area contributed by atoms with Crippen LogP contribution in [0.3, 0.4) is 0 Å². The summed E-state index contributed by atoms with van der Waals surface area (Å²) in [5, 5.41) is 14.5. The second kappa shape index (κ2) is 32.0. The van der Waals surface area contributed by atoms with Gasteiger partial charge < -0.3 is 95.1 Å². The van der Waals surface area contributed by atoms with Gasteiger partial charge in [-0.15, -0.1) is 0 Å². The van der Waals surface area contributed by atoms with Gasteiger partial charge in [-0.25, -0.2) is 0 Å². The zero-order valence-corrected chi connectivity index (χ0v) is 63.2. The maximum atomic E-state index is 14.5. The van der Waals surface area contributed by atoms with Gasteiger partial charge in [0, 0.05) is 89.0 Å². The Morgan fingerprint density at radius 2 is 0.760 bits per heavy atom. The third kappa shape index (κ3) is 17.3. The Morgan fingerprint density at radius 3 is 1.15 bits per heavy atom. The van der Waals surface area contributed by atoms with Gasteiger partial charge in [-0.1, -0.05) is 34.6 Å². The summed E-state index contributed by atoms with van der Waals surface area (Å²) in [5.74, 6) is -11.1. The summed E-state index contributed by atoms with van der Waals surface area (Å²) in [4.78, 5) is 154. The van der Waals surface area contributed by atoms with Crippen LogP contribution >= 0.6 is 0 Å². The first kappa shape index (κ1) is 83.0. The lowest BCUT2D eigenvalue weighted by Crippen LogP contribution is -2.71. The van der Waals surface area contributed by atoms with Crippen LogP contribution in [0.15, 0.2) is 0 Å². The minimum Gasteiger partial charge on any atom is -0.463 e. The molecule has 4 saturated heterocycles. The van der Waals surface area contributed by atoms with Crippen LogP contribution in [0.5, 0.6) is 0 Å². The minimum atomic E-state index is -1.84. The quantitative estimate of drug-likeness (QED) is 0.0785. The van der Waals surface area contributed by atoms with Gasteiger partial charge in [0.25, 0.3) is 0 Å². The lowest BCUT2D eigenvalue weighted by Gasteiger charge is -2.71. The molecule has 0 spiro atoms. The second-order valence-corrected chi connectivity index (χ2v) is 31.1. The number of carbonyl (C=O) groups is 12. The van der Waals surface area contributed by atoms with Crippen molar-refractivity contribution >= 4 is 71.6 Å². The van der Waals surface area contributed by atoms with E-state index in [1.165, 1.54) is 6.92 Å². The van der Waals surface area contributed by atoms with Crippen LogP contribution < -0.4 is 0 Å². The van der Waals surface area contributed by atoms with E-state index in [1.54, 1.807) is 20.8 Å². The van der Waals surface area contributed by atoms with E-state index >= 15 is 0 Å². The van der Waals surface area contributed by atoms with E-state index in [0.29, 0.717) is 32.1 Å². The van der Waals surface area contributed by atoms with Crippen LogP contribution in [-0.4, -0.2) is 224 Å². The van der Waals surface area contributed by atoms with Crippen molar-refractivity contribution < 1.29 is 153 Å². The van der Waals surface area contributed by atoms with Crippen molar-refractivity contribution in [2.45, 2.75) is 323 Å². The highest BCUT2D eigenvalue weighted by Gasteiger charge is 2.77. The van der Waals surface area contributed by atoms with E-state index in [1.807, 2.05) is 0 Å². The van der Waals surface area contributed by atoms with Crippen LogP contribution in [0.4, 0.5) is 0 Å². The molecular formula is C72H106O32. The Labute approximate surface area is 604 Å². The van der Waals surface area contributed by atoms with Crippen LogP contribution in [0.2, 0.25) is 0 Å². The lowest BCUT2D eigenvalue weighted by atomic mass is 9.35. The number of esters is 12. The Kier molecular flexibility index (Phi) is 25.5. The van der Waals surface area contributed by atoms with E-state index in [0.717, 1.165) is 76.2 Å². The highest BCUT2D eigenvalue weighted by molar-refractivity contribution is 5.71. The zero-order valence-electron chi connectivity index (χ0n) is 63.2. The Bertz CT molecular complexity index is 3240. The van der Waals surface area contributed by atoms with Crippen LogP contribution in [-0.2, 0) is 148 Å². The number of aliphatic hydroxyl groups is 1. The lowest BCUT2D eigenvalue weighted by molar-refractivity contribution is -0.353. The molecule has 8 fully saturated rings. The largest absolute Gasteiger partial charge is 0.463 e. The predicted molar refractivity (Wildman–Crippen MR) is 349 cm³/mol. The van der Waals surface area contributed by atoms with E-state index in [4.69, 9.17) is 90.0 Å². The first-order chi connectivity index (χ1) is 48.2. The standard InChI is InChI=1S/C72H106O32/c1-33(73)86-30-46-53(89-36(4)76)56(92-39(7)79)59(95-42(10)82)63(99-46)98-45-29-50-68(17)24-22-51(102-64-60(96-43(11)83)57(93-40(8)80)54(90-37(5)77)47(100-64)31-87-34(2)74)66(13,14)49(68)21-25-69(50,18)70(19)27-28-72(85,62(45)70)71(20)26-23-52(103-71)67(15,16)104-65-61(97-44(12)84)58(94-41(9)81)55(91-38(6)78)48(101-65)32-88-35(3)75/h45-65,85H,21-32H2,1-20H3/t45-,46-,47-,48-,49+,50-,51-,52-,53-,54-,55-,56+,57+,58+,59-,60-,61-,62+,63-,64+,65+,68+,69-,70-,71+,72-/m1/s1. The van der Waals surface area contributed by atoms with Gasteiger partial charge in [0.1, 0.15) is 38.1 Å². The molecule has 4 aliphatic carbocycles. The molecule has 4 aliphatic heterocycles. The van der Waals surface area contributed by atoms with E-state index in [2.05, 4.69) is 34.6 Å². The van der Waals surface area contributed by atoms with Crippen molar-refractivity contribution in [1.29, 1.82) is 0 Å². The third-order valence-electron chi connectivity index (χ3n) is 23.2. The summed E-state index contributed by atoms with van der Waals surface area (Å²) in [6.45, 7) is 27.8. The summed E-state index contributed by atoms with van der Waals surface area (Å²) < 4.78 is 117. The molecule has 32 heteroatoms. The van der Waals surface area contributed by atoms with E-state index in [9.17, 15) is 62.6 Å². The molecule has 4 saturated carbocycles. The number of hydrogen-bond donors (Lipinski definition) is 1. The molecule has 8 rings (SSSR count). The fraction of sp³-hybridized carbons (Fsp3) is 0.833. The molecule has 0 aromatic carbocycles. The minimum absolute atomic E-state index is 0.122. The number of rotatable bonds is 23. The summed E-state index contributed by atoms with van der Waals surface area (Å²) in [6, 6.07) is 0. The second-order valence-electron chi connectivity index (χ2n) is 31.1. The van der Waals surface area contributed by atoms with Crippen molar-refractivity contribution in [3.05, 3.63) is 0 Å². The van der Waals surface area contributed by atoms with Gasteiger partial charge in [0.05, 0.1) is 35.1 Å². The summed E-state index contributed by atoms with van der Waals surface area (Å²) in [6.07, 6.45) is -22.3. The molecule has 4 heterocycles. The molecule has 0 bridgehead atoms. The normalized spacial score (nSPS) is 40.0. The zero-order chi connectivity index (χ0) is 77.5. The highest BCUT2D eigenvalue weighted by Crippen LogP contribution is 2.77. The maximum absolute atomic E-state index is 14.5. The van der Waals surface area contributed by atoms with Crippen LogP contribution in [0.25, 0.3) is 0 Å². The van der Waals surface area contributed by atoms with E-state index in [-0.39, 0.29) is 37.5 Å². The van der Waals surface area contributed by atoms with Crippen molar-refractivity contribution in [2.24, 2.45) is 39.4 Å². The molecular weight excluding hydrogens is 1380 g/mol. The Hall–Kier alpha value is -6.68. The predicted octanol–water partition coefficient (Wildman–Crippen LogP) is 5.15. The average Bonchev–Trinajstić information content (AvgIpc) is 1.39. The van der Waals surface area contributed by atoms with Gasteiger partial charge in [0.2, 0.25) is 0 Å². The molecule has 586 valence electrons. The maximum Gasteiger partial charge on any atom is 0.303 e. The molecule has 0 aromatic rings. The molecule has 104 heavy (non-hydrogen) atoms. The third-order valence-corrected chi connectivity index (χ3v) is 23.2. The molecule has 0 unspecified atom stereocenters. The van der Waals surface area contributed by atoms with Crippen molar-refractivity contribution in [3.8, 4) is 0 Å². The van der Waals surface area contributed by atoms with Gasteiger partial charge in [-0.3, -0.25) is 57.5 Å². The monoisotopic (exact) mass is 1480 g/mol. The Balaban J connectivity index is 1.21. The number of fused-ring (bicyclic) bond motifs is 5. The number of ether oxygens (including phenoxy) is 19. The molecule has 0 amide bonds. The smallest absolute Gasteiger partial charge is 0.303 e. The summed E-state index contributed by atoms with van der Waals surface area (Å²) in [7, 11) is 0. The van der Waals surface area contributed by atoms with Crippen LogP contribution in [0, 0.1) is 39.4 Å². The molecule has 1 N–H and O–H groups in total. The Morgan fingerprint density at radius 1 is 0.394 bits per heavy atom. The van der Waals surface area contributed by atoms with Gasteiger partial charge in [0.15, 0.2) is 73.8 Å². The first-order valence-electron chi connectivity index (χ1n) is 35.5. The molecule has 0 aromatic heterocycles. The first-order valence-corrected chi connectivity index (χ1v) is 35.5. The molecule has 0 radical (unpaired) electrons. The highest BCUT2D eigenvalue weighted by atomic mass is 16.8. The fourth-order valence-electron chi connectivity index (χ4n) is 19.0. The topological polar surface area (TPSA) is 400 Å². The molecule has 8 aliphatic rings. The number of hydrogen-bond acceptors (Lipinski definition) is 32. The van der Waals surface area contributed by atoms with Gasteiger partial charge in [-0.2, -0.15) is 0 Å². The SMILES string of the molecule is CC(=O)OC[C@H]1O[C@@H](O[C@@H]2C[C@@H]3[C@@]4(C)CC[C@@H](O[C@@H]5O[C@H](COC(C)=O)[C@@H](OC(C)=O)[C@H](OC(C)=O)[C@H]5OC(C)=O)C(C)(C)[C@@H]4CC[C@@]3(C)[C@]3(C)CC[C@](O)([C@]4(C)CC[C@H](C(C)(C)O[C@@H]5O[C@H](COC(C)=O)[C@@H](OC(C)=O)[C@H](OC(C)=O)[C@H]5OC(C)=O)O4)[C@@H]23)[C@H](OC(C)=O)[C@@H](OC(C)=O)[C@@H]1OC(C)=O. The van der Waals surface area contributed by atoms with Crippen molar-refractivity contribution in [2.75, 3.05) is 19.8 Å². The fourth-order valence-corrected chi connectivity index (χ4v) is 19.0. The molecule has 32 nitrogen and oxygen atoms in total. The summed E-state index contributed by atoms with van der Waals surface area (Å²) >= 11 is 0. The van der Waals surface area contributed by atoms with Gasteiger partial charge >= 0.3 is 71.6 Å². The molecule has 26 atom stereocenters.